The van der Waals surface area contributed by atoms with E-state index in [-0.39, 0.29) is 18.2 Å². The van der Waals surface area contributed by atoms with Crippen molar-refractivity contribution >= 4 is 28.3 Å². The molecule has 1 aromatic heterocycles. The summed E-state index contributed by atoms with van der Waals surface area (Å²) in [4.78, 5) is 29.2. The molecule has 0 spiro atoms. The molecule has 0 atom stereocenters. The highest BCUT2D eigenvalue weighted by Gasteiger charge is 2.13. The highest BCUT2D eigenvalue weighted by molar-refractivity contribution is 7.14. The Morgan fingerprint density at radius 1 is 1.00 bits per heavy atom. The first-order valence-electron chi connectivity index (χ1n) is 9.89. The monoisotopic (exact) mass is 455 g/mol. The van der Waals surface area contributed by atoms with E-state index < -0.39 is 0 Å². The summed E-state index contributed by atoms with van der Waals surface area (Å²) >= 11 is 1.26. The zero-order valence-electron chi connectivity index (χ0n) is 18.1. The van der Waals surface area contributed by atoms with Gasteiger partial charge in [0.2, 0.25) is 5.91 Å². The molecular weight excluding hydrogens is 430 g/mol. The van der Waals surface area contributed by atoms with Gasteiger partial charge in [-0.05, 0) is 30.2 Å². The molecule has 0 aliphatic carbocycles. The predicted octanol–water partition coefficient (Wildman–Crippen LogP) is 3.32. The minimum Gasteiger partial charge on any atom is -0.497 e. The van der Waals surface area contributed by atoms with E-state index in [0.29, 0.717) is 40.9 Å². The van der Waals surface area contributed by atoms with Crippen LogP contribution in [0.15, 0.2) is 47.8 Å². The van der Waals surface area contributed by atoms with Crippen LogP contribution in [0.1, 0.15) is 21.6 Å². The lowest BCUT2D eigenvalue weighted by Gasteiger charge is -2.09. The van der Waals surface area contributed by atoms with Crippen molar-refractivity contribution < 1.29 is 23.8 Å². The Kier molecular flexibility index (Phi) is 8.04. The second kappa shape index (κ2) is 11.1. The van der Waals surface area contributed by atoms with Gasteiger partial charge < -0.3 is 19.5 Å². The first-order valence-corrected chi connectivity index (χ1v) is 10.8. The van der Waals surface area contributed by atoms with Gasteiger partial charge in [0.25, 0.3) is 5.91 Å². The summed E-state index contributed by atoms with van der Waals surface area (Å²) in [6.07, 6.45) is 0.795. The lowest BCUT2D eigenvalue weighted by molar-refractivity contribution is -0.120. The van der Waals surface area contributed by atoms with Crippen LogP contribution < -0.4 is 24.8 Å². The molecule has 0 unspecified atom stereocenters. The van der Waals surface area contributed by atoms with Crippen molar-refractivity contribution in [3.05, 3.63) is 64.7 Å². The molecule has 8 nitrogen and oxygen atoms in total. The number of carbonyl (C=O) groups excluding carboxylic acids is 2. The molecule has 1 heterocycles. The number of nitrogens with one attached hydrogen (secondary N) is 2. The molecule has 32 heavy (non-hydrogen) atoms. The number of thiazole rings is 1. The van der Waals surface area contributed by atoms with Crippen molar-refractivity contribution in [3.63, 3.8) is 0 Å². The number of benzene rings is 2. The van der Waals surface area contributed by atoms with Crippen LogP contribution in [-0.2, 0) is 17.6 Å². The van der Waals surface area contributed by atoms with E-state index in [1.807, 2.05) is 24.3 Å². The molecule has 0 fully saturated rings. The minimum atomic E-state index is -0.343. The highest BCUT2D eigenvalue weighted by atomic mass is 32.1. The summed E-state index contributed by atoms with van der Waals surface area (Å²) in [7, 11) is 4.66. The van der Waals surface area contributed by atoms with Crippen molar-refractivity contribution in [1.29, 1.82) is 0 Å². The molecule has 2 amide bonds. The molecule has 0 saturated carbocycles. The Hall–Kier alpha value is -3.59. The fraction of sp³-hybridized carbons (Fsp3) is 0.261. The minimum absolute atomic E-state index is 0.130. The molecular formula is C23H25N3O5S. The van der Waals surface area contributed by atoms with Gasteiger partial charge in [0, 0.05) is 23.6 Å². The second-order valence-electron chi connectivity index (χ2n) is 6.79. The fourth-order valence-electron chi connectivity index (χ4n) is 3.03. The van der Waals surface area contributed by atoms with Crippen LogP contribution >= 0.6 is 11.3 Å². The van der Waals surface area contributed by atoms with Gasteiger partial charge in [-0.3, -0.25) is 14.9 Å². The van der Waals surface area contributed by atoms with Crippen LogP contribution in [0.5, 0.6) is 17.2 Å². The molecule has 3 aromatic rings. The van der Waals surface area contributed by atoms with Gasteiger partial charge in [-0.2, -0.15) is 0 Å². The normalized spacial score (nSPS) is 10.3. The Labute approximate surface area is 190 Å². The molecule has 0 bridgehead atoms. The van der Waals surface area contributed by atoms with Crippen LogP contribution in [0.3, 0.4) is 0 Å². The highest BCUT2D eigenvalue weighted by Crippen LogP contribution is 2.24. The molecule has 0 radical (unpaired) electrons. The van der Waals surface area contributed by atoms with Crippen molar-refractivity contribution in [3.8, 4) is 17.2 Å². The number of para-hydroxylation sites is 1. The van der Waals surface area contributed by atoms with Gasteiger partial charge in [-0.15, -0.1) is 11.3 Å². The number of methoxy groups -OCH3 is 3. The summed E-state index contributed by atoms with van der Waals surface area (Å²) in [6.45, 7) is 0.491. The Morgan fingerprint density at radius 2 is 1.72 bits per heavy atom. The lowest BCUT2D eigenvalue weighted by atomic mass is 10.1. The number of hydrogen-bond donors (Lipinski definition) is 2. The number of amides is 2. The van der Waals surface area contributed by atoms with Crippen LogP contribution in [0, 0.1) is 0 Å². The number of ether oxygens (including phenoxy) is 3. The number of hydrogen-bond acceptors (Lipinski definition) is 7. The van der Waals surface area contributed by atoms with Gasteiger partial charge >= 0.3 is 0 Å². The standard InChI is InChI=1S/C23H25N3O5S/c1-29-18-10-16(11-19(13-18)30-2)22(28)26-23-25-17(14-32-23)12-21(27)24-9-8-15-6-4-5-7-20(15)31-3/h4-7,10-11,13-14H,8-9,12H2,1-3H3,(H,24,27)(H,25,26,28). The van der Waals surface area contributed by atoms with Crippen molar-refractivity contribution in [2.45, 2.75) is 12.8 Å². The maximum Gasteiger partial charge on any atom is 0.257 e. The van der Waals surface area contributed by atoms with Gasteiger partial charge in [0.05, 0.1) is 33.4 Å². The van der Waals surface area contributed by atoms with Gasteiger partial charge in [0.15, 0.2) is 5.13 Å². The fourth-order valence-corrected chi connectivity index (χ4v) is 3.73. The number of rotatable bonds is 10. The number of anilines is 1. The Bertz CT molecular complexity index is 1060. The van der Waals surface area contributed by atoms with Crippen LogP contribution in [-0.4, -0.2) is 44.7 Å². The molecule has 0 saturated heterocycles. The number of nitrogens with zero attached hydrogens (tertiary/aromatic N) is 1. The third-order valence-electron chi connectivity index (χ3n) is 4.64. The summed E-state index contributed by atoms with van der Waals surface area (Å²) in [5, 5.41) is 7.79. The van der Waals surface area contributed by atoms with Gasteiger partial charge in [-0.25, -0.2) is 4.98 Å². The average Bonchev–Trinajstić information content (AvgIpc) is 3.25. The van der Waals surface area contributed by atoms with E-state index in [9.17, 15) is 9.59 Å². The Morgan fingerprint density at radius 3 is 2.41 bits per heavy atom. The van der Waals surface area contributed by atoms with E-state index in [1.54, 1.807) is 30.7 Å². The van der Waals surface area contributed by atoms with E-state index in [0.717, 1.165) is 11.3 Å². The van der Waals surface area contributed by atoms with Gasteiger partial charge in [-0.1, -0.05) is 18.2 Å². The van der Waals surface area contributed by atoms with E-state index >= 15 is 0 Å². The van der Waals surface area contributed by atoms with Crippen molar-refractivity contribution in [2.24, 2.45) is 0 Å². The summed E-state index contributed by atoms with van der Waals surface area (Å²) in [6, 6.07) is 12.6. The first kappa shape index (κ1) is 23.1. The molecule has 0 aliphatic rings. The quantitative estimate of drug-likeness (QED) is 0.487. The third-order valence-corrected chi connectivity index (χ3v) is 5.44. The van der Waals surface area contributed by atoms with E-state index in [4.69, 9.17) is 14.2 Å². The van der Waals surface area contributed by atoms with E-state index in [1.165, 1.54) is 25.6 Å². The smallest absolute Gasteiger partial charge is 0.257 e. The topological polar surface area (TPSA) is 98.8 Å². The maximum absolute atomic E-state index is 12.6. The van der Waals surface area contributed by atoms with Gasteiger partial charge in [0.1, 0.15) is 17.2 Å². The molecule has 9 heteroatoms. The predicted molar refractivity (Wildman–Crippen MR) is 123 cm³/mol. The Balaban J connectivity index is 1.52. The SMILES string of the molecule is COc1cc(OC)cc(C(=O)Nc2nc(CC(=O)NCCc3ccccc3OC)cs2)c1. The molecule has 168 valence electrons. The zero-order valence-corrected chi connectivity index (χ0v) is 19.0. The molecule has 0 aliphatic heterocycles. The summed E-state index contributed by atoms with van der Waals surface area (Å²) in [5.74, 6) is 1.35. The lowest BCUT2D eigenvalue weighted by Crippen LogP contribution is -2.27. The second-order valence-corrected chi connectivity index (χ2v) is 7.65. The third kappa shape index (κ3) is 6.21. The van der Waals surface area contributed by atoms with E-state index in [2.05, 4.69) is 15.6 Å². The van der Waals surface area contributed by atoms with Crippen LogP contribution in [0.4, 0.5) is 5.13 Å². The largest absolute Gasteiger partial charge is 0.497 e. The molecule has 2 aromatic carbocycles. The van der Waals surface area contributed by atoms with Crippen LogP contribution in [0.2, 0.25) is 0 Å². The van der Waals surface area contributed by atoms with Crippen LogP contribution in [0.25, 0.3) is 0 Å². The number of aromatic nitrogens is 1. The summed E-state index contributed by atoms with van der Waals surface area (Å²) in [5.41, 5.74) is 2.00. The number of carbonyl (C=O) groups is 2. The first-order chi connectivity index (χ1) is 15.5. The zero-order chi connectivity index (χ0) is 22.9. The molecule has 2 N–H and O–H groups in total. The maximum atomic E-state index is 12.6. The average molecular weight is 456 g/mol. The summed E-state index contributed by atoms with van der Waals surface area (Å²) < 4.78 is 15.7. The van der Waals surface area contributed by atoms with Crippen molar-refractivity contribution in [1.82, 2.24) is 10.3 Å². The van der Waals surface area contributed by atoms with Crippen molar-refractivity contribution in [2.75, 3.05) is 33.2 Å². The molecule has 3 rings (SSSR count).